The lowest BCUT2D eigenvalue weighted by Crippen LogP contribution is -2.30. The number of benzene rings is 2. The van der Waals surface area contributed by atoms with Crippen molar-refractivity contribution in [3.05, 3.63) is 95.8 Å². The number of rotatable bonds is 5. The van der Waals surface area contributed by atoms with Gasteiger partial charge in [-0.2, -0.15) is 0 Å². The van der Waals surface area contributed by atoms with E-state index in [4.69, 9.17) is 5.73 Å². The van der Waals surface area contributed by atoms with Crippen LogP contribution in [0.5, 0.6) is 0 Å². The number of hydrogen-bond acceptors (Lipinski definition) is 3. The SMILES string of the molecule is NC(=O)Nc1ccc(C(=O)NC(c2ccccc2)c2ccccn2)cc1. The van der Waals surface area contributed by atoms with Crippen LogP contribution in [0, 0.1) is 0 Å². The van der Waals surface area contributed by atoms with Gasteiger partial charge >= 0.3 is 6.03 Å². The number of primary amides is 1. The lowest BCUT2D eigenvalue weighted by atomic mass is 10.0. The molecule has 1 atom stereocenters. The molecule has 1 aromatic heterocycles. The van der Waals surface area contributed by atoms with E-state index in [-0.39, 0.29) is 11.9 Å². The highest BCUT2D eigenvalue weighted by Crippen LogP contribution is 2.21. The summed E-state index contributed by atoms with van der Waals surface area (Å²) in [7, 11) is 0. The average molecular weight is 346 g/mol. The minimum atomic E-state index is -0.651. The average Bonchev–Trinajstić information content (AvgIpc) is 2.67. The molecule has 6 heteroatoms. The minimum absolute atomic E-state index is 0.241. The molecule has 0 bridgehead atoms. The number of urea groups is 1. The highest BCUT2D eigenvalue weighted by molar-refractivity contribution is 5.95. The van der Waals surface area contributed by atoms with Crippen LogP contribution < -0.4 is 16.4 Å². The number of nitrogens with two attached hydrogens (primary N) is 1. The Labute approximate surface area is 151 Å². The van der Waals surface area contributed by atoms with Crippen molar-refractivity contribution in [1.29, 1.82) is 0 Å². The number of carbonyl (C=O) groups excluding carboxylic acids is 2. The molecule has 130 valence electrons. The summed E-state index contributed by atoms with van der Waals surface area (Å²) in [5.41, 5.74) is 7.76. The highest BCUT2D eigenvalue weighted by atomic mass is 16.2. The van der Waals surface area contributed by atoms with E-state index in [0.29, 0.717) is 11.3 Å². The maximum absolute atomic E-state index is 12.7. The summed E-state index contributed by atoms with van der Waals surface area (Å²) in [5, 5.41) is 5.47. The quantitative estimate of drug-likeness (QED) is 0.662. The smallest absolute Gasteiger partial charge is 0.316 e. The van der Waals surface area contributed by atoms with Gasteiger partial charge in [0.15, 0.2) is 0 Å². The van der Waals surface area contributed by atoms with Crippen LogP contribution in [0.3, 0.4) is 0 Å². The fourth-order valence-corrected chi connectivity index (χ4v) is 2.58. The van der Waals surface area contributed by atoms with Crippen molar-refractivity contribution in [2.24, 2.45) is 5.73 Å². The van der Waals surface area contributed by atoms with E-state index in [1.165, 1.54) is 0 Å². The van der Waals surface area contributed by atoms with Gasteiger partial charge in [-0.05, 0) is 42.0 Å². The van der Waals surface area contributed by atoms with Crippen LogP contribution in [0.4, 0.5) is 10.5 Å². The Bertz CT molecular complexity index is 841. The monoisotopic (exact) mass is 346 g/mol. The molecule has 2 aromatic carbocycles. The van der Waals surface area contributed by atoms with Gasteiger partial charge in [0.2, 0.25) is 0 Å². The lowest BCUT2D eigenvalue weighted by molar-refractivity contribution is 0.0942. The number of hydrogen-bond donors (Lipinski definition) is 3. The summed E-state index contributed by atoms with van der Waals surface area (Å²) in [5.74, 6) is -0.241. The summed E-state index contributed by atoms with van der Waals surface area (Å²) in [4.78, 5) is 27.9. The van der Waals surface area contributed by atoms with E-state index in [1.807, 2.05) is 48.5 Å². The molecule has 4 N–H and O–H groups in total. The van der Waals surface area contributed by atoms with Gasteiger partial charge in [0.25, 0.3) is 5.91 Å². The van der Waals surface area contributed by atoms with Crippen molar-refractivity contribution < 1.29 is 9.59 Å². The van der Waals surface area contributed by atoms with Gasteiger partial charge in [0, 0.05) is 17.4 Å². The number of carbonyl (C=O) groups is 2. The van der Waals surface area contributed by atoms with E-state index >= 15 is 0 Å². The van der Waals surface area contributed by atoms with Gasteiger partial charge in [-0.25, -0.2) is 4.79 Å². The summed E-state index contributed by atoms with van der Waals surface area (Å²) in [6, 6.07) is 20.7. The maximum Gasteiger partial charge on any atom is 0.316 e. The first-order valence-electron chi connectivity index (χ1n) is 8.07. The molecule has 0 radical (unpaired) electrons. The minimum Gasteiger partial charge on any atom is -0.351 e. The molecule has 0 aliphatic carbocycles. The van der Waals surface area contributed by atoms with Gasteiger partial charge in [-0.15, -0.1) is 0 Å². The van der Waals surface area contributed by atoms with Crippen molar-refractivity contribution in [2.45, 2.75) is 6.04 Å². The van der Waals surface area contributed by atoms with Crippen molar-refractivity contribution in [3.63, 3.8) is 0 Å². The Morgan fingerprint density at radius 1 is 0.885 bits per heavy atom. The largest absolute Gasteiger partial charge is 0.351 e. The van der Waals surface area contributed by atoms with Crippen molar-refractivity contribution >= 4 is 17.6 Å². The van der Waals surface area contributed by atoms with Crippen LogP contribution in [0.15, 0.2) is 79.0 Å². The third-order valence-electron chi connectivity index (χ3n) is 3.81. The van der Waals surface area contributed by atoms with Crippen molar-refractivity contribution in [1.82, 2.24) is 10.3 Å². The first-order valence-corrected chi connectivity index (χ1v) is 8.07. The first kappa shape index (κ1) is 17.2. The van der Waals surface area contributed by atoms with Gasteiger partial charge in [0.1, 0.15) is 0 Å². The van der Waals surface area contributed by atoms with Gasteiger partial charge in [-0.1, -0.05) is 36.4 Å². The second-order valence-corrected chi connectivity index (χ2v) is 5.64. The van der Waals surface area contributed by atoms with Gasteiger partial charge in [0.05, 0.1) is 11.7 Å². The van der Waals surface area contributed by atoms with Crippen LogP contribution in [-0.2, 0) is 0 Å². The summed E-state index contributed by atoms with van der Waals surface area (Å²) in [6.45, 7) is 0. The van der Waals surface area contributed by atoms with Crippen LogP contribution in [0.1, 0.15) is 27.7 Å². The number of amides is 3. The molecule has 0 aliphatic heterocycles. The molecule has 0 saturated carbocycles. The van der Waals surface area contributed by atoms with Crippen LogP contribution in [0.2, 0.25) is 0 Å². The predicted molar refractivity (Wildman–Crippen MR) is 99.6 cm³/mol. The Morgan fingerprint density at radius 2 is 1.58 bits per heavy atom. The summed E-state index contributed by atoms with van der Waals surface area (Å²) < 4.78 is 0. The molecule has 3 aromatic rings. The molecule has 1 unspecified atom stereocenters. The van der Waals surface area contributed by atoms with Crippen molar-refractivity contribution in [2.75, 3.05) is 5.32 Å². The number of nitrogens with one attached hydrogen (secondary N) is 2. The second kappa shape index (κ2) is 7.94. The standard InChI is InChI=1S/C20H18N4O2/c21-20(26)23-16-11-9-15(10-12-16)19(25)24-18(14-6-2-1-3-7-14)17-8-4-5-13-22-17/h1-13,18H,(H,24,25)(H3,21,23,26). The first-order chi connectivity index (χ1) is 12.6. The highest BCUT2D eigenvalue weighted by Gasteiger charge is 2.18. The van der Waals surface area contributed by atoms with Crippen molar-refractivity contribution in [3.8, 4) is 0 Å². The molecule has 0 fully saturated rings. The van der Waals surface area contributed by atoms with E-state index in [1.54, 1.807) is 30.5 Å². The van der Waals surface area contributed by atoms with Gasteiger partial charge in [-0.3, -0.25) is 9.78 Å². The zero-order valence-electron chi connectivity index (χ0n) is 13.9. The third-order valence-corrected chi connectivity index (χ3v) is 3.81. The van der Waals surface area contributed by atoms with E-state index < -0.39 is 6.03 Å². The summed E-state index contributed by atoms with van der Waals surface area (Å²) in [6.07, 6.45) is 1.70. The second-order valence-electron chi connectivity index (χ2n) is 5.64. The topological polar surface area (TPSA) is 97.1 Å². The molecule has 0 aliphatic rings. The van der Waals surface area contributed by atoms with E-state index in [0.717, 1.165) is 11.3 Å². The zero-order chi connectivity index (χ0) is 18.4. The van der Waals surface area contributed by atoms with Crippen LogP contribution in [0.25, 0.3) is 0 Å². The van der Waals surface area contributed by atoms with E-state index in [9.17, 15) is 9.59 Å². The molecule has 26 heavy (non-hydrogen) atoms. The lowest BCUT2D eigenvalue weighted by Gasteiger charge is -2.19. The normalized spacial score (nSPS) is 11.4. The molecule has 0 spiro atoms. The molecule has 1 heterocycles. The predicted octanol–water partition coefficient (Wildman–Crippen LogP) is 3.09. The van der Waals surface area contributed by atoms with Crippen LogP contribution >= 0.6 is 0 Å². The van der Waals surface area contributed by atoms with Crippen LogP contribution in [-0.4, -0.2) is 16.9 Å². The summed E-state index contributed by atoms with van der Waals surface area (Å²) >= 11 is 0. The molecule has 0 saturated heterocycles. The number of aromatic nitrogens is 1. The number of pyridine rings is 1. The Kier molecular flexibility index (Phi) is 5.24. The van der Waals surface area contributed by atoms with E-state index in [2.05, 4.69) is 15.6 Å². The Morgan fingerprint density at radius 3 is 2.19 bits per heavy atom. The molecule has 3 amide bonds. The third kappa shape index (κ3) is 4.24. The fraction of sp³-hybridized carbons (Fsp3) is 0.0500. The van der Waals surface area contributed by atoms with Gasteiger partial charge < -0.3 is 16.4 Å². The molecular weight excluding hydrogens is 328 g/mol. The zero-order valence-corrected chi connectivity index (χ0v) is 13.9. The Hall–Kier alpha value is -3.67. The molecular formula is C20H18N4O2. The number of anilines is 1. The maximum atomic E-state index is 12.7. The number of nitrogens with zero attached hydrogens (tertiary/aromatic N) is 1. The molecule has 3 rings (SSSR count). The Balaban J connectivity index is 1.83. The molecule has 6 nitrogen and oxygen atoms in total. The fourth-order valence-electron chi connectivity index (χ4n) is 2.58.